The van der Waals surface area contributed by atoms with Crippen molar-refractivity contribution in [3.05, 3.63) is 77.9 Å². The predicted molar refractivity (Wildman–Crippen MR) is 98.4 cm³/mol. The van der Waals surface area contributed by atoms with E-state index in [1.54, 1.807) is 0 Å². The van der Waals surface area contributed by atoms with E-state index in [2.05, 4.69) is 80.7 Å². The molecule has 2 aromatic carbocycles. The lowest BCUT2D eigenvalue weighted by Gasteiger charge is -2.24. The molecule has 0 aliphatic heterocycles. The lowest BCUT2D eigenvalue weighted by atomic mass is 9.94. The maximum Gasteiger partial charge on any atom is 0.108 e. The van der Waals surface area contributed by atoms with Crippen LogP contribution in [0.1, 0.15) is 38.0 Å². The van der Waals surface area contributed by atoms with E-state index in [1.165, 1.54) is 16.7 Å². The van der Waals surface area contributed by atoms with Gasteiger partial charge in [0, 0.05) is 6.54 Å². The number of benzene rings is 2. The van der Waals surface area contributed by atoms with E-state index >= 15 is 0 Å². The van der Waals surface area contributed by atoms with Gasteiger partial charge in [-0.25, -0.2) is 0 Å². The van der Waals surface area contributed by atoms with E-state index in [0.717, 1.165) is 13.1 Å². The van der Waals surface area contributed by atoms with Gasteiger partial charge in [-0.3, -0.25) is 0 Å². The van der Waals surface area contributed by atoms with E-state index < -0.39 is 0 Å². The summed E-state index contributed by atoms with van der Waals surface area (Å²) in [4.78, 5) is 0. The normalized spacial score (nSPS) is 13.3. The Morgan fingerprint density at radius 3 is 2.17 bits per heavy atom. The van der Waals surface area contributed by atoms with Crippen molar-refractivity contribution in [1.82, 2.24) is 5.32 Å². The van der Waals surface area contributed by atoms with Gasteiger partial charge in [-0.05, 0) is 37.1 Å². The summed E-state index contributed by atoms with van der Waals surface area (Å²) in [6.07, 6.45) is 2.35. The van der Waals surface area contributed by atoms with Crippen molar-refractivity contribution in [3.63, 3.8) is 0 Å². The molecule has 0 radical (unpaired) electrons. The van der Waals surface area contributed by atoms with Crippen LogP contribution in [0.15, 0.2) is 66.7 Å². The number of rotatable bonds is 8. The summed E-state index contributed by atoms with van der Waals surface area (Å²) in [6, 6.07) is 21.0. The van der Waals surface area contributed by atoms with E-state index in [1.807, 2.05) is 12.1 Å². The van der Waals surface area contributed by atoms with Gasteiger partial charge < -0.3 is 10.1 Å². The van der Waals surface area contributed by atoms with Crippen LogP contribution in [0, 0.1) is 0 Å². The number of hydrogen-bond acceptors (Lipinski definition) is 2. The third-order valence-corrected chi connectivity index (χ3v) is 3.62. The van der Waals surface area contributed by atoms with Gasteiger partial charge in [-0.1, -0.05) is 73.7 Å². The Bertz CT molecular complexity index is 590. The summed E-state index contributed by atoms with van der Waals surface area (Å²) in [6.45, 7) is 8.09. The van der Waals surface area contributed by atoms with Crippen LogP contribution in [-0.2, 0) is 4.74 Å². The van der Waals surface area contributed by atoms with Crippen molar-refractivity contribution >= 4 is 5.57 Å². The van der Waals surface area contributed by atoms with E-state index in [9.17, 15) is 0 Å². The van der Waals surface area contributed by atoms with Crippen molar-refractivity contribution in [2.75, 3.05) is 13.1 Å². The molecule has 0 fully saturated rings. The first-order valence-corrected chi connectivity index (χ1v) is 8.39. The summed E-state index contributed by atoms with van der Waals surface area (Å²) in [5.41, 5.74) is 3.61. The number of hydrogen-bond donors (Lipinski definition) is 1. The molecule has 0 heterocycles. The Morgan fingerprint density at radius 2 is 1.61 bits per heavy atom. The Balaban J connectivity index is 2.41. The number of nitrogens with one attached hydrogen (secondary N) is 1. The molecule has 0 spiro atoms. The molecule has 0 aromatic heterocycles. The smallest absolute Gasteiger partial charge is 0.108 e. The molecule has 0 saturated carbocycles. The van der Waals surface area contributed by atoms with Crippen LogP contribution in [0.5, 0.6) is 0 Å². The molecule has 2 aromatic rings. The quantitative estimate of drug-likeness (QED) is 0.704. The lowest BCUT2D eigenvalue weighted by Crippen LogP contribution is -2.16. The molecule has 0 bridgehead atoms. The Morgan fingerprint density at radius 1 is 1.00 bits per heavy atom. The van der Waals surface area contributed by atoms with Gasteiger partial charge in [0.25, 0.3) is 0 Å². The Kier molecular flexibility index (Phi) is 7.05. The van der Waals surface area contributed by atoms with Crippen molar-refractivity contribution < 1.29 is 4.74 Å². The van der Waals surface area contributed by atoms with E-state index in [4.69, 9.17) is 4.74 Å². The van der Waals surface area contributed by atoms with Crippen LogP contribution >= 0.6 is 0 Å². The second-order valence-electron chi connectivity index (χ2n) is 5.81. The topological polar surface area (TPSA) is 21.3 Å². The average Bonchev–Trinajstić information content (AvgIpc) is 2.58. The van der Waals surface area contributed by atoms with Gasteiger partial charge in [0.2, 0.25) is 0 Å². The fourth-order valence-electron chi connectivity index (χ4n) is 2.56. The minimum Gasteiger partial charge on any atom is -0.366 e. The van der Waals surface area contributed by atoms with E-state index in [-0.39, 0.29) is 12.2 Å². The summed E-state index contributed by atoms with van der Waals surface area (Å²) >= 11 is 0. The van der Waals surface area contributed by atoms with Gasteiger partial charge in [0.15, 0.2) is 0 Å². The SMILES string of the molecule is CCNCC=C(c1ccccc1)C(OC(C)C)c1ccccc1. The standard InChI is InChI=1S/C21H27NO/c1-4-22-16-15-20(18-11-7-5-8-12-18)21(23-17(2)3)19-13-9-6-10-14-19/h5-15,17,21-22H,4,16H2,1-3H3. The van der Waals surface area contributed by atoms with Crippen molar-refractivity contribution in [3.8, 4) is 0 Å². The number of likely N-dealkylation sites (N-methyl/N-ethyl adjacent to an activating group) is 1. The van der Waals surface area contributed by atoms with Gasteiger partial charge >= 0.3 is 0 Å². The van der Waals surface area contributed by atoms with Gasteiger partial charge in [-0.15, -0.1) is 0 Å². The van der Waals surface area contributed by atoms with Crippen LogP contribution in [0.3, 0.4) is 0 Å². The minimum atomic E-state index is -0.0581. The highest BCUT2D eigenvalue weighted by Gasteiger charge is 2.20. The van der Waals surface area contributed by atoms with Crippen LogP contribution < -0.4 is 5.32 Å². The van der Waals surface area contributed by atoms with Crippen molar-refractivity contribution in [1.29, 1.82) is 0 Å². The highest BCUT2D eigenvalue weighted by molar-refractivity contribution is 5.70. The molecule has 0 aliphatic rings. The predicted octanol–water partition coefficient (Wildman–Crippen LogP) is 4.85. The third kappa shape index (κ3) is 5.34. The molecule has 0 amide bonds. The fourth-order valence-corrected chi connectivity index (χ4v) is 2.56. The van der Waals surface area contributed by atoms with E-state index in [0.29, 0.717) is 0 Å². The maximum atomic E-state index is 6.29. The summed E-state index contributed by atoms with van der Waals surface area (Å²) < 4.78 is 6.29. The zero-order valence-corrected chi connectivity index (χ0v) is 14.3. The van der Waals surface area contributed by atoms with Crippen LogP contribution in [0.4, 0.5) is 0 Å². The Hall–Kier alpha value is -1.90. The molecule has 122 valence electrons. The van der Waals surface area contributed by atoms with Crippen LogP contribution in [-0.4, -0.2) is 19.2 Å². The first kappa shape index (κ1) is 17.5. The lowest BCUT2D eigenvalue weighted by molar-refractivity contribution is 0.0405. The molecular formula is C21H27NO. The third-order valence-electron chi connectivity index (χ3n) is 3.62. The van der Waals surface area contributed by atoms with Crippen molar-refractivity contribution in [2.45, 2.75) is 33.0 Å². The fraction of sp³-hybridized carbons (Fsp3) is 0.333. The average molecular weight is 309 g/mol. The second-order valence-corrected chi connectivity index (χ2v) is 5.81. The number of ether oxygens (including phenoxy) is 1. The minimum absolute atomic E-state index is 0.0581. The molecule has 2 nitrogen and oxygen atoms in total. The highest BCUT2D eigenvalue weighted by atomic mass is 16.5. The maximum absolute atomic E-state index is 6.29. The summed E-state index contributed by atoms with van der Waals surface area (Å²) in [7, 11) is 0. The summed E-state index contributed by atoms with van der Waals surface area (Å²) in [5.74, 6) is 0. The van der Waals surface area contributed by atoms with Crippen LogP contribution in [0.25, 0.3) is 5.57 Å². The molecular weight excluding hydrogens is 282 g/mol. The Labute approximate surface area is 140 Å². The first-order valence-electron chi connectivity index (χ1n) is 8.39. The molecule has 2 rings (SSSR count). The van der Waals surface area contributed by atoms with Gasteiger partial charge in [-0.2, -0.15) is 0 Å². The molecule has 1 N–H and O–H groups in total. The van der Waals surface area contributed by atoms with Gasteiger partial charge in [0.1, 0.15) is 6.10 Å². The molecule has 23 heavy (non-hydrogen) atoms. The molecule has 0 saturated heterocycles. The monoisotopic (exact) mass is 309 g/mol. The molecule has 1 unspecified atom stereocenters. The summed E-state index contributed by atoms with van der Waals surface area (Å²) in [5, 5.41) is 3.38. The van der Waals surface area contributed by atoms with Crippen molar-refractivity contribution in [2.24, 2.45) is 0 Å². The first-order chi connectivity index (χ1) is 11.2. The molecule has 1 atom stereocenters. The largest absolute Gasteiger partial charge is 0.366 e. The zero-order valence-electron chi connectivity index (χ0n) is 14.3. The molecule has 0 aliphatic carbocycles. The highest BCUT2D eigenvalue weighted by Crippen LogP contribution is 2.34. The zero-order chi connectivity index (χ0) is 16.5. The van der Waals surface area contributed by atoms with Gasteiger partial charge in [0.05, 0.1) is 6.10 Å². The molecule has 2 heteroatoms. The second kappa shape index (κ2) is 9.29. The van der Waals surface area contributed by atoms with Crippen LogP contribution in [0.2, 0.25) is 0 Å².